The highest BCUT2D eigenvalue weighted by Gasteiger charge is 2.39. The van der Waals surface area contributed by atoms with Crippen molar-refractivity contribution in [3.05, 3.63) is 82.1 Å². The highest BCUT2D eigenvalue weighted by Crippen LogP contribution is 2.25. The van der Waals surface area contributed by atoms with E-state index in [1.807, 2.05) is 0 Å². The molecule has 0 radical (unpaired) electrons. The molecule has 0 amide bonds. The van der Waals surface area contributed by atoms with Crippen LogP contribution in [0.3, 0.4) is 0 Å². The van der Waals surface area contributed by atoms with Crippen LogP contribution in [-0.2, 0) is 13.1 Å². The highest BCUT2D eigenvalue weighted by molar-refractivity contribution is 6.30. The van der Waals surface area contributed by atoms with Gasteiger partial charge >= 0.3 is 11.9 Å². The number of pyridine rings is 1. The SMILES string of the molecule is CC(O)c1nc(Cn2cc(-c3ccc(Cl)cc3)n(CC(O)C(F)(F)F)c2=O)nn1-c1cccnc1. The molecule has 2 N–H and O–H groups in total. The molecule has 13 heteroatoms. The van der Waals surface area contributed by atoms with Gasteiger partial charge in [-0.2, -0.15) is 13.2 Å². The molecule has 0 saturated carbocycles. The normalized spacial score (nSPS) is 13.7. The second kappa shape index (κ2) is 9.64. The average molecular weight is 509 g/mol. The Morgan fingerprint density at radius 1 is 1.14 bits per heavy atom. The predicted molar refractivity (Wildman–Crippen MR) is 120 cm³/mol. The molecule has 0 aliphatic rings. The minimum atomic E-state index is -4.91. The molecule has 0 saturated heterocycles. The maximum absolute atomic E-state index is 13.1. The molecule has 2 unspecified atom stereocenters. The van der Waals surface area contributed by atoms with Crippen LogP contribution in [0.15, 0.2) is 59.8 Å². The fraction of sp³-hybridized carbons (Fsp3) is 0.273. The minimum absolute atomic E-state index is 0.142. The molecule has 2 atom stereocenters. The van der Waals surface area contributed by atoms with Crippen LogP contribution in [-0.4, -0.2) is 51.4 Å². The summed E-state index contributed by atoms with van der Waals surface area (Å²) in [6, 6.07) is 9.57. The van der Waals surface area contributed by atoms with Crippen molar-refractivity contribution in [3.8, 4) is 16.9 Å². The number of imidazole rings is 1. The Kier molecular flexibility index (Phi) is 6.79. The first-order chi connectivity index (χ1) is 16.5. The van der Waals surface area contributed by atoms with E-state index in [1.165, 1.54) is 36.1 Å². The number of benzene rings is 1. The zero-order chi connectivity index (χ0) is 25.3. The van der Waals surface area contributed by atoms with Crippen LogP contribution >= 0.6 is 11.6 Å². The second-order valence-electron chi connectivity index (χ2n) is 7.78. The lowest BCUT2D eigenvalue weighted by Crippen LogP contribution is -2.37. The number of aromatic nitrogens is 6. The first-order valence-corrected chi connectivity index (χ1v) is 10.8. The summed E-state index contributed by atoms with van der Waals surface area (Å²) in [5, 5.41) is 24.5. The molecule has 184 valence electrons. The zero-order valence-electron chi connectivity index (χ0n) is 18.3. The van der Waals surface area contributed by atoms with Crippen molar-refractivity contribution >= 4 is 11.6 Å². The molecule has 0 aliphatic heterocycles. The molecule has 3 aromatic heterocycles. The van der Waals surface area contributed by atoms with Crippen molar-refractivity contribution in [1.29, 1.82) is 0 Å². The quantitative estimate of drug-likeness (QED) is 0.397. The van der Waals surface area contributed by atoms with Crippen molar-refractivity contribution in [2.75, 3.05) is 0 Å². The van der Waals surface area contributed by atoms with Crippen LogP contribution in [0.1, 0.15) is 24.7 Å². The Labute approximate surface area is 201 Å². The van der Waals surface area contributed by atoms with Gasteiger partial charge in [0.2, 0.25) is 0 Å². The molecule has 1 aromatic carbocycles. The molecule has 3 heterocycles. The third-order valence-corrected chi connectivity index (χ3v) is 5.42. The lowest BCUT2D eigenvalue weighted by atomic mass is 10.1. The number of hydrogen-bond acceptors (Lipinski definition) is 6. The van der Waals surface area contributed by atoms with Gasteiger partial charge in [-0.05, 0) is 36.8 Å². The average Bonchev–Trinajstić information content (AvgIpc) is 3.37. The van der Waals surface area contributed by atoms with Crippen LogP contribution < -0.4 is 5.69 Å². The summed E-state index contributed by atoms with van der Waals surface area (Å²) >= 11 is 5.91. The van der Waals surface area contributed by atoms with Crippen molar-refractivity contribution in [2.24, 2.45) is 0 Å². The molecular formula is C22H20ClF3N6O3. The van der Waals surface area contributed by atoms with Gasteiger partial charge in [0.05, 0.1) is 30.7 Å². The summed E-state index contributed by atoms with van der Waals surface area (Å²) in [4.78, 5) is 21.4. The van der Waals surface area contributed by atoms with Crippen molar-refractivity contribution in [3.63, 3.8) is 0 Å². The summed E-state index contributed by atoms with van der Waals surface area (Å²) in [6.45, 7) is 0.311. The van der Waals surface area contributed by atoms with E-state index in [0.29, 0.717) is 16.3 Å². The van der Waals surface area contributed by atoms with E-state index in [-0.39, 0.29) is 23.9 Å². The van der Waals surface area contributed by atoms with E-state index in [4.69, 9.17) is 11.6 Å². The summed E-state index contributed by atoms with van der Waals surface area (Å²) in [5.74, 6) is 0.342. The Bertz CT molecular complexity index is 1360. The van der Waals surface area contributed by atoms with Gasteiger partial charge in [0.1, 0.15) is 6.10 Å². The fourth-order valence-corrected chi connectivity index (χ4v) is 3.60. The maximum Gasteiger partial charge on any atom is 0.416 e. The first kappa shape index (κ1) is 24.6. The molecule has 0 bridgehead atoms. The second-order valence-corrected chi connectivity index (χ2v) is 8.22. The Balaban J connectivity index is 1.76. The summed E-state index contributed by atoms with van der Waals surface area (Å²) in [6.07, 6.45) is -4.20. The van der Waals surface area contributed by atoms with E-state index >= 15 is 0 Å². The molecule has 0 fully saturated rings. The molecule has 9 nitrogen and oxygen atoms in total. The number of nitrogens with zero attached hydrogens (tertiary/aromatic N) is 6. The van der Waals surface area contributed by atoms with E-state index in [1.54, 1.807) is 30.5 Å². The van der Waals surface area contributed by atoms with E-state index in [9.17, 15) is 28.2 Å². The van der Waals surface area contributed by atoms with Gasteiger partial charge in [0.15, 0.2) is 17.8 Å². The number of aliphatic hydroxyl groups excluding tert-OH is 2. The zero-order valence-corrected chi connectivity index (χ0v) is 19.0. The van der Waals surface area contributed by atoms with Crippen molar-refractivity contribution < 1.29 is 23.4 Å². The molecule has 0 spiro atoms. The van der Waals surface area contributed by atoms with Gasteiger partial charge in [-0.1, -0.05) is 23.7 Å². The lowest BCUT2D eigenvalue weighted by molar-refractivity contribution is -0.207. The molecule has 4 aromatic rings. The van der Waals surface area contributed by atoms with Crippen LogP contribution in [0, 0.1) is 0 Å². The predicted octanol–water partition coefficient (Wildman–Crippen LogP) is 2.97. The van der Waals surface area contributed by atoms with E-state index in [0.717, 1.165) is 9.13 Å². The Morgan fingerprint density at radius 3 is 2.46 bits per heavy atom. The van der Waals surface area contributed by atoms with Gasteiger partial charge in [-0.15, -0.1) is 5.10 Å². The largest absolute Gasteiger partial charge is 0.416 e. The minimum Gasteiger partial charge on any atom is -0.385 e. The van der Waals surface area contributed by atoms with Crippen molar-refractivity contribution in [2.45, 2.75) is 38.4 Å². The monoisotopic (exact) mass is 508 g/mol. The summed E-state index contributed by atoms with van der Waals surface area (Å²) in [7, 11) is 0. The van der Waals surface area contributed by atoms with Gasteiger partial charge in [0, 0.05) is 17.4 Å². The molecular weight excluding hydrogens is 489 g/mol. The van der Waals surface area contributed by atoms with Crippen LogP contribution in [0.25, 0.3) is 16.9 Å². The van der Waals surface area contributed by atoms with E-state index in [2.05, 4.69) is 15.1 Å². The number of halogens is 4. The van der Waals surface area contributed by atoms with E-state index < -0.39 is 30.6 Å². The number of rotatable bonds is 7. The van der Waals surface area contributed by atoms with Gasteiger partial charge in [-0.25, -0.2) is 14.5 Å². The maximum atomic E-state index is 13.1. The number of hydrogen-bond donors (Lipinski definition) is 2. The van der Waals surface area contributed by atoms with Crippen LogP contribution in [0.2, 0.25) is 5.02 Å². The third-order valence-electron chi connectivity index (χ3n) is 5.17. The summed E-state index contributed by atoms with van der Waals surface area (Å²) < 4.78 is 42.5. The van der Waals surface area contributed by atoms with Gasteiger partial charge < -0.3 is 10.2 Å². The Morgan fingerprint density at radius 2 is 1.86 bits per heavy atom. The lowest BCUT2D eigenvalue weighted by Gasteiger charge is -2.16. The molecule has 35 heavy (non-hydrogen) atoms. The topological polar surface area (TPSA) is 111 Å². The Hall–Kier alpha value is -3.48. The first-order valence-electron chi connectivity index (χ1n) is 10.4. The number of aliphatic hydroxyl groups is 2. The number of alkyl halides is 3. The third kappa shape index (κ3) is 5.29. The fourth-order valence-electron chi connectivity index (χ4n) is 3.48. The summed E-state index contributed by atoms with van der Waals surface area (Å²) in [5.41, 5.74) is 0.312. The van der Waals surface area contributed by atoms with Gasteiger partial charge in [0.25, 0.3) is 0 Å². The van der Waals surface area contributed by atoms with Crippen LogP contribution in [0.4, 0.5) is 13.2 Å². The van der Waals surface area contributed by atoms with Crippen molar-refractivity contribution in [1.82, 2.24) is 28.9 Å². The molecule has 0 aliphatic carbocycles. The smallest absolute Gasteiger partial charge is 0.385 e. The van der Waals surface area contributed by atoms with Gasteiger partial charge in [-0.3, -0.25) is 14.1 Å². The standard InChI is InChI=1S/C22H20ClF3N6O3/c1-13(33)20-28-19(29-32(20)16-3-2-8-27-9-16)12-30-10-17(14-4-6-15(23)7-5-14)31(21(30)35)11-18(34)22(24,25)26/h2-10,13,18,33-34H,11-12H2,1H3. The highest BCUT2D eigenvalue weighted by atomic mass is 35.5. The molecule has 4 rings (SSSR count). The van der Waals surface area contributed by atoms with Crippen LogP contribution in [0.5, 0.6) is 0 Å².